The number of nitrogens with zero attached hydrogens (tertiary/aromatic N) is 1. The largest absolute Gasteiger partial charge is 0.388 e. The highest BCUT2D eigenvalue weighted by Crippen LogP contribution is 2.23. The molecule has 0 aliphatic heterocycles. The molecule has 0 aliphatic carbocycles. The highest BCUT2D eigenvalue weighted by molar-refractivity contribution is 7.11. The van der Waals surface area contributed by atoms with Crippen LogP contribution in [-0.2, 0) is 6.42 Å². The summed E-state index contributed by atoms with van der Waals surface area (Å²) in [5.41, 5.74) is 1.14. The van der Waals surface area contributed by atoms with E-state index in [4.69, 9.17) is 11.6 Å². The van der Waals surface area contributed by atoms with E-state index < -0.39 is 6.10 Å². The van der Waals surface area contributed by atoms with Gasteiger partial charge in [0.05, 0.1) is 16.0 Å². The van der Waals surface area contributed by atoms with E-state index >= 15 is 0 Å². The van der Waals surface area contributed by atoms with Gasteiger partial charge in [0.25, 0.3) is 0 Å². The highest BCUT2D eigenvalue weighted by Gasteiger charge is 2.07. The lowest BCUT2D eigenvalue weighted by atomic mass is 10.2. The van der Waals surface area contributed by atoms with E-state index in [9.17, 15) is 5.11 Å². The number of aliphatic hydroxyl groups excluding tert-OH is 1. The summed E-state index contributed by atoms with van der Waals surface area (Å²) in [6.45, 7) is 1.75. The third-order valence-electron chi connectivity index (χ3n) is 2.23. The van der Waals surface area contributed by atoms with Crippen molar-refractivity contribution in [3.05, 3.63) is 50.9 Å². The fourth-order valence-electron chi connectivity index (χ4n) is 1.42. The van der Waals surface area contributed by atoms with Gasteiger partial charge >= 0.3 is 0 Å². The Labute approximate surface area is 104 Å². The number of benzene rings is 1. The van der Waals surface area contributed by atoms with Crippen LogP contribution in [0.15, 0.2) is 30.5 Å². The van der Waals surface area contributed by atoms with E-state index in [1.807, 2.05) is 24.3 Å². The zero-order chi connectivity index (χ0) is 11.5. The molecule has 4 heteroatoms. The molecule has 1 aromatic heterocycles. The van der Waals surface area contributed by atoms with Crippen molar-refractivity contribution in [1.29, 1.82) is 0 Å². The first kappa shape index (κ1) is 11.6. The first-order valence-electron chi connectivity index (χ1n) is 5.02. The summed E-state index contributed by atoms with van der Waals surface area (Å²) < 4.78 is 0. The first-order chi connectivity index (χ1) is 7.65. The SMILES string of the molecule is CC(O)c1cnc(Cc2cccc(Cl)c2)s1. The normalized spacial score (nSPS) is 12.7. The maximum absolute atomic E-state index is 9.40. The smallest absolute Gasteiger partial charge is 0.0972 e. The average Bonchev–Trinajstić information content (AvgIpc) is 2.66. The minimum absolute atomic E-state index is 0.439. The monoisotopic (exact) mass is 253 g/mol. The molecule has 0 saturated heterocycles. The number of hydrogen-bond acceptors (Lipinski definition) is 3. The van der Waals surface area contributed by atoms with Crippen LogP contribution in [0.5, 0.6) is 0 Å². The highest BCUT2D eigenvalue weighted by atomic mass is 35.5. The lowest BCUT2D eigenvalue weighted by Gasteiger charge is -1.99. The van der Waals surface area contributed by atoms with Gasteiger partial charge in [-0.15, -0.1) is 11.3 Å². The van der Waals surface area contributed by atoms with Crippen LogP contribution in [0.2, 0.25) is 5.02 Å². The quantitative estimate of drug-likeness (QED) is 0.909. The summed E-state index contributed by atoms with van der Waals surface area (Å²) >= 11 is 7.45. The van der Waals surface area contributed by atoms with Crippen molar-refractivity contribution in [3.8, 4) is 0 Å². The zero-order valence-corrected chi connectivity index (χ0v) is 10.4. The number of rotatable bonds is 3. The summed E-state index contributed by atoms with van der Waals surface area (Å²) in [6.07, 6.45) is 2.05. The van der Waals surface area contributed by atoms with Gasteiger partial charge in [0.2, 0.25) is 0 Å². The van der Waals surface area contributed by atoms with Gasteiger partial charge in [0.1, 0.15) is 0 Å². The molecular formula is C12H12ClNOS. The van der Waals surface area contributed by atoms with Gasteiger partial charge in [0, 0.05) is 17.6 Å². The summed E-state index contributed by atoms with van der Waals surface area (Å²) in [6, 6.07) is 7.75. The van der Waals surface area contributed by atoms with E-state index in [-0.39, 0.29) is 0 Å². The number of aromatic nitrogens is 1. The molecule has 0 amide bonds. The molecule has 0 saturated carbocycles. The second kappa shape index (κ2) is 4.95. The predicted molar refractivity (Wildman–Crippen MR) is 67.0 cm³/mol. The molecule has 1 aromatic carbocycles. The molecule has 2 nitrogen and oxygen atoms in total. The zero-order valence-electron chi connectivity index (χ0n) is 8.85. The molecule has 0 spiro atoms. The fourth-order valence-corrected chi connectivity index (χ4v) is 2.53. The van der Waals surface area contributed by atoms with Crippen LogP contribution >= 0.6 is 22.9 Å². The van der Waals surface area contributed by atoms with Crippen molar-refractivity contribution in [2.24, 2.45) is 0 Å². The molecule has 1 atom stereocenters. The van der Waals surface area contributed by atoms with E-state index in [2.05, 4.69) is 4.98 Å². The van der Waals surface area contributed by atoms with E-state index in [0.29, 0.717) is 0 Å². The van der Waals surface area contributed by atoms with Crippen LogP contribution in [0.1, 0.15) is 28.5 Å². The molecule has 2 aromatic rings. The number of aliphatic hydroxyl groups is 1. The third kappa shape index (κ3) is 2.82. The minimum Gasteiger partial charge on any atom is -0.388 e. The van der Waals surface area contributed by atoms with Crippen LogP contribution in [-0.4, -0.2) is 10.1 Å². The van der Waals surface area contributed by atoms with Crippen molar-refractivity contribution < 1.29 is 5.11 Å². The molecule has 1 unspecified atom stereocenters. The van der Waals surface area contributed by atoms with Crippen molar-refractivity contribution in [2.75, 3.05) is 0 Å². The third-order valence-corrected chi connectivity index (χ3v) is 3.63. The number of hydrogen-bond donors (Lipinski definition) is 1. The topological polar surface area (TPSA) is 33.1 Å². The van der Waals surface area contributed by atoms with Gasteiger partial charge in [-0.1, -0.05) is 23.7 Å². The molecule has 1 heterocycles. The number of halogens is 1. The van der Waals surface area contributed by atoms with Crippen LogP contribution in [0.4, 0.5) is 0 Å². The van der Waals surface area contributed by atoms with Crippen LogP contribution in [0.25, 0.3) is 0 Å². The van der Waals surface area contributed by atoms with E-state index in [1.165, 1.54) is 11.3 Å². The summed E-state index contributed by atoms with van der Waals surface area (Å²) in [7, 11) is 0. The Hall–Kier alpha value is -0.900. The second-order valence-corrected chi connectivity index (χ2v) is 5.22. The molecule has 1 N–H and O–H groups in total. The minimum atomic E-state index is -0.439. The Balaban J connectivity index is 2.14. The predicted octanol–water partition coefficient (Wildman–Crippen LogP) is 3.44. The lowest BCUT2D eigenvalue weighted by Crippen LogP contribution is -1.85. The average molecular weight is 254 g/mol. The van der Waals surface area contributed by atoms with Crippen molar-refractivity contribution in [3.63, 3.8) is 0 Å². The van der Waals surface area contributed by atoms with Crippen LogP contribution < -0.4 is 0 Å². The first-order valence-corrected chi connectivity index (χ1v) is 6.21. The van der Waals surface area contributed by atoms with Gasteiger partial charge in [-0.3, -0.25) is 0 Å². The van der Waals surface area contributed by atoms with Crippen molar-refractivity contribution >= 4 is 22.9 Å². The molecule has 0 aliphatic rings. The van der Waals surface area contributed by atoms with Gasteiger partial charge < -0.3 is 5.11 Å². The molecule has 2 rings (SSSR count). The summed E-state index contributed by atoms with van der Waals surface area (Å²) in [5.74, 6) is 0. The van der Waals surface area contributed by atoms with Gasteiger partial charge in [-0.2, -0.15) is 0 Å². The molecule has 16 heavy (non-hydrogen) atoms. The van der Waals surface area contributed by atoms with Crippen LogP contribution in [0.3, 0.4) is 0 Å². The Bertz CT molecular complexity index is 481. The van der Waals surface area contributed by atoms with Gasteiger partial charge in [-0.25, -0.2) is 4.98 Å². The number of thiazole rings is 1. The van der Waals surface area contributed by atoms with E-state index in [1.54, 1.807) is 13.1 Å². The van der Waals surface area contributed by atoms with Crippen molar-refractivity contribution in [2.45, 2.75) is 19.4 Å². The van der Waals surface area contributed by atoms with Gasteiger partial charge in [-0.05, 0) is 24.6 Å². The molecule has 0 bridgehead atoms. The molecule has 0 fully saturated rings. The van der Waals surface area contributed by atoms with Crippen LogP contribution in [0, 0.1) is 0 Å². The Morgan fingerprint density at radius 2 is 2.31 bits per heavy atom. The Kier molecular flexibility index (Phi) is 3.59. The second-order valence-electron chi connectivity index (χ2n) is 3.64. The van der Waals surface area contributed by atoms with E-state index in [0.717, 1.165) is 26.9 Å². The lowest BCUT2D eigenvalue weighted by molar-refractivity contribution is 0.203. The van der Waals surface area contributed by atoms with Gasteiger partial charge in [0.15, 0.2) is 0 Å². The standard InChI is InChI=1S/C12H12ClNOS/c1-8(15)11-7-14-12(16-11)6-9-3-2-4-10(13)5-9/h2-5,7-8,15H,6H2,1H3. The fraction of sp³-hybridized carbons (Fsp3) is 0.250. The maximum atomic E-state index is 9.40. The van der Waals surface area contributed by atoms with Crippen molar-refractivity contribution in [1.82, 2.24) is 4.98 Å². The Morgan fingerprint density at radius 3 is 2.94 bits per heavy atom. The Morgan fingerprint density at radius 1 is 1.50 bits per heavy atom. The molecule has 0 radical (unpaired) electrons. The maximum Gasteiger partial charge on any atom is 0.0972 e. The molecular weight excluding hydrogens is 242 g/mol. The summed E-state index contributed by atoms with van der Waals surface area (Å²) in [5, 5.41) is 11.1. The summed E-state index contributed by atoms with van der Waals surface area (Å²) in [4.78, 5) is 5.18. The molecule has 84 valence electrons.